The molecule has 0 aromatic heterocycles. The molecule has 12 heteroatoms. The van der Waals surface area contributed by atoms with Crippen LogP contribution in [0.5, 0.6) is 17.2 Å². The summed E-state index contributed by atoms with van der Waals surface area (Å²) < 4.78 is 72.5. The average Bonchev–Trinajstić information content (AvgIpc) is 2.79. The molecule has 0 amide bonds. The minimum Gasteiger partial charge on any atom is -0.497 e. The number of allylic oxidation sites excluding steroid dienone is 2. The lowest BCUT2D eigenvalue weighted by atomic mass is 10.0. The largest absolute Gasteiger partial charge is 0.497 e. The molecule has 8 nitrogen and oxygen atoms in total. The number of nitrogens with one attached hydrogen (secondary N) is 1. The minimum atomic E-state index is -4.82. The summed E-state index contributed by atoms with van der Waals surface area (Å²) in [4.78, 5) is -0.549. The second kappa shape index (κ2) is 11.2. The van der Waals surface area contributed by atoms with Gasteiger partial charge in [0.2, 0.25) is 0 Å². The fourth-order valence-corrected chi connectivity index (χ4v) is 4.09. The summed E-state index contributed by atoms with van der Waals surface area (Å²) in [6.07, 6.45) is -3.68. The zero-order chi connectivity index (χ0) is 25.6. The molecule has 0 saturated carbocycles. The predicted octanol–water partition coefficient (Wildman–Crippen LogP) is 3.59. The number of alkyl halides is 3. The first-order chi connectivity index (χ1) is 15.9. The minimum absolute atomic E-state index is 0.0161. The lowest BCUT2D eigenvalue weighted by molar-refractivity contribution is -0.139. The Balaban J connectivity index is 2.54. The van der Waals surface area contributed by atoms with Gasteiger partial charge in [0, 0.05) is 35.5 Å². The van der Waals surface area contributed by atoms with E-state index in [9.17, 15) is 22.5 Å². The van der Waals surface area contributed by atoms with Crippen LogP contribution in [0, 0.1) is 0 Å². The zero-order valence-corrected chi connectivity index (χ0v) is 19.8. The van der Waals surface area contributed by atoms with E-state index in [4.69, 9.17) is 25.7 Å². The molecule has 0 saturated heterocycles. The Kier molecular flexibility index (Phi) is 8.82. The Morgan fingerprint density at radius 2 is 1.74 bits per heavy atom. The summed E-state index contributed by atoms with van der Waals surface area (Å²) in [5.74, 6) is 0.208. The molecule has 0 fully saturated rings. The normalized spacial score (nSPS) is 13.8. The summed E-state index contributed by atoms with van der Waals surface area (Å²) in [5.41, 5.74) is 11.0. The number of rotatable bonds is 9. The van der Waals surface area contributed by atoms with Crippen molar-refractivity contribution in [2.75, 3.05) is 21.3 Å². The van der Waals surface area contributed by atoms with Gasteiger partial charge in [-0.3, -0.25) is 0 Å². The van der Waals surface area contributed by atoms with Gasteiger partial charge >= 0.3 is 6.18 Å². The number of benzene rings is 2. The first-order valence-corrected chi connectivity index (χ1v) is 10.9. The Bertz CT molecular complexity index is 1130. The highest BCUT2D eigenvalue weighted by Crippen LogP contribution is 2.39. The summed E-state index contributed by atoms with van der Waals surface area (Å²) in [5, 5.41) is 9.29. The molecule has 6 N–H and O–H groups in total. The molecule has 1 unspecified atom stereocenters. The molecule has 0 aliphatic rings. The second-order valence-corrected chi connectivity index (χ2v) is 8.25. The van der Waals surface area contributed by atoms with Crippen LogP contribution in [0.2, 0.25) is 0 Å². The van der Waals surface area contributed by atoms with Crippen molar-refractivity contribution in [3.8, 4) is 17.2 Å². The smallest absolute Gasteiger partial charge is 0.417 e. The van der Waals surface area contributed by atoms with Crippen molar-refractivity contribution >= 4 is 16.7 Å². The number of hydrogen-bond acceptors (Lipinski definition) is 7. The second-order valence-electron chi connectivity index (χ2n) is 6.98. The van der Waals surface area contributed by atoms with Crippen LogP contribution >= 0.6 is 0 Å². The average molecular weight is 502 g/mol. The van der Waals surface area contributed by atoms with Gasteiger partial charge in [-0.05, 0) is 30.7 Å². The van der Waals surface area contributed by atoms with E-state index < -0.39 is 33.5 Å². The fourth-order valence-electron chi connectivity index (χ4n) is 3.05. The number of aliphatic hydroxyl groups excluding tert-OH is 1. The van der Waals surface area contributed by atoms with Crippen LogP contribution in [0.15, 0.2) is 52.8 Å². The third kappa shape index (κ3) is 6.35. The Hall–Kier alpha value is -3.38. The van der Waals surface area contributed by atoms with E-state index in [-0.39, 0.29) is 29.1 Å². The number of hydrogen-bond donors (Lipinski definition) is 4. The highest BCUT2D eigenvalue weighted by Gasteiger charge is 2.36. The first-order valence-electron chi connectivity index (χ1n) is 9.71. The molecule has 0 heterocycles. The van der Waals surface area contributed by atoms with Gasteiger partial charge < -0.3 is 30.8 Å². The van der Waals surface area contributed by atoms with Gasteiger partial charge in [-0.15, -0.1) is 0 Å². The molecule has 2 aromatic carbocycles. The topological polar surface area (TPSA) is 129 Å². The van der Waals surface area contributed by atoms with Gasteiger partial charge in [0.15, 0.2) is 5.88 Å². The number of halogens is 3. The maximum atomic E-state index is 13.8. The SMILES string of the molecule is COc1ccc(CNS(=O)c2cc(/C(N)=C(C)/C=C(\N)O)c(OC)cc2C(F)(F)F)c(OC)c1. The van der Waals surface area contributed by atoms with Gasteiger partial charge in [-0.25, -0.2) is 8.93 Å². The van der Waals surface area contributed by atoms with Gasteiger partial charge in [0.05, 0.1) is 31.8 Å². The van der Waals surface area contributed by atoms with Crippen LogP contribution in [0.4, 0.5) is 13.2 Å². The third-order valence-corrected chi connectivity index (χ3v) is 5.92. The standard InChI is InChI=1S/C22H26F3N3O5S/c1-12(7-20(26)29)21(27)15-9-19(16(22(23,24)25)10-18(15)33-4)34(30)28-11-13-5-6-14(31-2)8-17(13)32-3/h5-10,28-29H,11,26-27H2,1-4H3/b20-7+,21-12-. The van der Waals surface area contributed by atoms with Crippen LogP contribution in [-0.4, -0.2) is 30.6 Å². The van der Waals surface area contributed by atoms with Crippen molar-refractivity contribution in [2.24, 2.45) is 11.5 Å². The van der Waals surface area contributed by atoms with Crippen LogP contribution in [0.25, 0.3) is 5.70 Å². The molecule has 0 aliphatic heterocycles. The molecule has 2 aromatic rings. The van der Waals surface area contributed by atoms with E-state index in [1.54, 1.807) is 18.2 Å². The van der Waals surface area contributed by atoms with Crippen molar-refractivity contribution in [2.45, 2.75) is 24.5 Å². The van der Waals surface area contributed by atoms with Crippen molar-refractivity contribution < 1.29 is 36.7 Å². The number of ether oxygens (including phenoxy) is 3. The van der Waals surface area contributed by atoms with Gasteiger partial charge in [-0.2, -0.15) is 13.2 Å². The molecule has 34 heavy (non-hydrogen) atoms. The van der Waals surface area contributed by atoms with E-state index >= 15 is 0 Å². The monoisotopic (exact) mass is 501 g/mol. The molecule has 186 valence electrons. The van der Waals surface area contributed by atoms with Crippen molar-refractivity contribution in [1.82, 2.24) is 4.72 Å². The van der Waals surface area contributed by atoms with E-state index in [0.717, 1.165) is 18.2 Å². The summed E-state index contributed by atoms with van der Waals surface area (Å²) >= 11 is 0. The molecule has 0 spiro atoms. The van der Waals surface area contributed by atoms with E-state index in [2.05, 4.69) is 4.72 Å². The van der Waals surface area contributed by atoms with Gasteiger partial charge in [0.1, 0.15) is 28.2 Å². The fraction of sp³-hybridized carbons (Fsp3) is 0.273. The number of methoxy groups -OCH3 is 3. The Morgan fingerprint density at radius 1 is 1.09 bits per heavy atom. The maximum Gasteiger partial charge on any atom is 0.417 e. The van der Waals surface area contributed by atoms with E-state index in [1.165, 1.54) is 28.3 Å². The highest BCUT2D eigenvalue weighted by atomic mass is 32.2. The van der Waals surface area contributed by atoms with Crippen LogP contribution in [0.3, 0.4) is 0 Å². The summed E-state index contributed by atoms with van der Waals surface area (Å²) in [7, 11) is 1.79. The zero-order valence-electron chi connectivity index (χ0n) is 18.9. The molecule has 0 bridgehead atoms. The molecule has 0 radical (unpaired) electrons. The van der Waals surface area contributed by atoms with Gasteiger partial charge in [-0.1, -0.05) is 6.07 Å². The van der Waals surface area contributed by atoms with E-state index in [1.807, 2.05) is 0 Å². The quantitative estimate of drug-likeness (QED) is 0.305. The van der Waals surface area contributed by atoms with Crippen molar-refractivity contribution in [3.63, 3.8) is 0 Å². The number of aliphatic hydroxyl groups is 1. The number of nitrogens with two attached hydrogens (primary N) is 2. The van der Waals surface area contributed by atoms with E-state index in [0.29, 0.717) is 17.1 Å². The molecule has 1 atom stereocenters. The van der Waals surface area contributed by atoms with Gasteiger partial charge in [0.25, 0.3) is 0 Å². The summed E-state index contributed by atoms with van der Waals surface area (Å²) in [6, 6.07) is 6.65. The first kappa shape index (κ1) is 26.9. The predicted molar refractivity (Wildman–Crippen MR) is 122 cm³/mol. The molecule has 0 aliphatic carbocycles. The lowest BCUT2D eigenvalue weighted by Gasteiger charge is -2.18. The van der Waals surface area contributed by atoms with Crippen molar-refractivity contribution in [3.05, 3.63) is 64.6 Å². The Morgan fingerprint density at radius 3 is 2.26 bits per heavy atom. The lowest BCUT2D eigenvalue weighted by Crippen LogP contribution is -2.21. The third-order valence-electron chi connectivity index (χ3n) is 4.77. The molecule has 2 rings (SSSR count). The van der Waals surface area contributed by atoms with Crippen molar-refractivity contribution in [1.29, 1.82) is 0 Å². The van der Waals surface area contributed by atoms with Crippen LogP contribution < -0.4 is 30.4 Å². The molecular weight excluding hydrogens is 475 g/mol. The van der Waals surface area contributed by atoms with Crippen LogP contribution in [0.1, 0.15) is 23.6 Å². The van der Waals surface area contributed by atoms with Crippen LogP contribution in [-0.2, 0) is 23.7 Å². The molecular formula is C22H26F3N3O5S. The highest BCUT2D eigenvalue weighted by molar-refractivity contribution is 7.83. The summed E-state index contributed by atoms with van der Waals surface area (Å²) in [6.45, 7) is 1.44. The Labute approximate surface area is 197 Å². The maximum absolute atomic E-state index is 13.8.